The number of aromatic carboxylic acids is 1. The molecule has 2 rings (SSSR count). The van der Waals surface area contributed by atoms with Crippen LogP contribution in [0.1, 0.15) is 35.6 Å². The molecule has 4 nitrogen and oxygen atoms in total. The Balaban J connectivity index is 2.72. The molecule has 0 aliphatic carbocycles. The van der Waals surface area contributed by atoms with Crippen LogP contribution in [0, 0.1) is 5.92 Å². The standard InChI is InChI=1S/C15H12Cl3F3N2O2/c1-6(2)3-10-11(18)13(14(24)25)23(22-10)12-8(16)4-7(5-9(12)17)15(19,20)21/h4-6H,3H2,1-2H3,(H,24,25). The summed E-state index contributed by atoms with van der Waals surface area (Å²) in [5.74, 6) is -1.28. The van der Waals surface area contributed by atoms with Crippen LogP contribution in [-0.2, 0) is 12.6 Å². The summed E-state index contributed by atoms with van der Waals surface area (Å²) in [4.78, 5) is 11.6. The lowest BCUT2D eigenvalue weighted by molar-refractivity contribution is -0.137. The van der Waals surface area contributed by atoms with E-state index in [1.165, 1.54) is 0 Å². The van der Waals surface area contributed by atoms with E-state index in [4.69, 9.17) is 34.8 Å². The van der Waals surface area contributed by atoms with Crippen molar-refractivity contribution < 1.29 is 23.1 Å². The van der Waals surface area contributed by atoms with Gasteiger partial charge in [0.25, 0.3) is 0 Å². The third-order valence-electron chi connectivity index (χ3n) is 3.25. The van der Waals surface area contributed by atoms with E-state index < -0.39 is 33.4 Å². The topological polar surface area (TPSA) is 55.1 Å². The molecule has 25 heavy (non-hydrogen) atoms. The second kappa shape index (κ2) is 7.05. The minimum Gasteiger partial charge on any atom is -0.476 e. The van der Waals surface area contributed by atoms with Gasteiger partial charge in [0.05, 0.1) is 26.3 Å². The normalized spacial score (nSPS) is 12.0. The minimum atomic E-state index is -4.65. The molecule has 0 aliphatic heterocycles. The fourth-order valence-corrected chi connectivity index (χ4v) is 3.16. The molecular weight excluding hydrogens is 404 g/mol. The summed E-state index contributed by atoms with van der Waals surface area (Å²) in [7, 11) is 0. The molecule has 0 saturated carbocycles. The van der Waals surface area contributed by atoms with Gasteiger partial charge in [-0.05, 0) is 24.5 Å². The molecule has 0 unspecified atom stereocenters. The van der Waals surface area contributed by atoms with E-state index in [9.17, 15) is 23.1 Å². The first-order valence-electron chi connectivity index (χ1n) is 7.00. The molecule has 0 radical (unpaired) electrons. The van der Waals surface area contributed by atoms with Gasteiger partial charge in [-0.25, -0.2) is 9.48 Å². The van der Waals surface area contributed by atoms with Crippen molar-refractivity contribution in [2.75, 3.05) is 0 Å². The van der Waals surface area contributed by atoms with E-state index in [0.717, 1.165) is 4.68 Å². The number of carboxylic acid groups (broad SMARTS) is 1. The third kappa shape index (κ3) is 4.04. The van der Waals surface area contributed by atoms with Crippen LogP contribution in [0.4, 0.5) is 13.2 Å². The Kier molecular flexibility index (Phi) is 5.61. The Labute approximate surface area is 156 Å². The fourth-order valence-electron chi connectivity index (χ4n) is 2.24. The van der Waals surface area contributed by atoms with Crippen molar-refractivity contribution >= 4 is 40.8 Å². The summed E-state index contributed by atoms with van der Waals surface area (Å²) >= 11 is 18.0. The molecule has 136 valence electrons. The van der Waals surface area contributed by atoms with Crippen molar-refractivity contribution in [1.29, 1.82) is 0 Å². The van der Waals surface area contributed by atoms with Gasteiger partial charge in [-0.15, -0.1) is 0 Å². The average molecular weight is 416 g/mol. The summed E-state index contributed by atoms with van der Waals surface area (Å²) in [6, 6.07) is 1.32. The molecular formula is C15H12Cl3F3N2O2. The average Bonchev–Trinajstić information content (AvgIpc) is 2.73. The summed E-state index contributed by atoms with van der Waals surface area (Å²) < 4.78 is 39.4. The zero-order valence-corrected chi connectivity index (χ0v) is 15.2. The highest BCUT2D eigenvalue weighted by atomic mass is 35.5. The largest absolute Gasteiger partial charge is 0.476 e. The maximum absolute atomic E-state index is 12.8. The van der Waals surface area contributed by atoms with Crippen LogP contribution in [0.15, 0.2) is 12.1 Å². The Bertz CT molecular complexity index is 809. The number of halogens is 6. The maximum atomic E-state index is 12.8. The predicted molar refractivity (Wildman–Crippen MR) is 89.1 cm³/mol. The summed E-state index contributed by atoms with van der Waals surface area (Å²) in [5, 5.41) is 12.6. The predicted octanol–water partition coefficient (Wildman–Crippen LogP) is 5.75. The molecule has 0 spiro atoms. The number of hydrogen-bond donors (Lipinski definition) is 1. The van der Waals surface area contributed by atoms with Gasteiger partial charge in [-0.2, -0.15) is 18.3 Å². The van der Waals surface area contributed by atoms with Crippen molar-refractivity contribution in [2.45, 2.75) is 26.4 Å². The lowest BCUT2D eigenvalue weighted by Crippen LogP contribution is -2.11. The number of carbonyl (C=O) groups is 1. The van der Waals surface area contributed by atoms with Crippen LogP contribution in [0.3, 0.4) is 0 Å². The molecule has 0 bridgehead atoms. The summed E-state index contributed by atoms with van der Waals surface area (Å²) in [6.07, 6.45) is -4.27. The summed E-state index contributed by atoms with van der Waals surface area (Å²) in [5.41, 5.74) is -1.35. The van der Waals surface area contributed by atoms with Crippen LogP contribution in [0.2, 0.25) is 15.1 Å². The van der Waals surface area contributed by atoms with Crippen molar-refractivity contribution in [3.05, 3.63) is 44.2 Å². The van der Waals surface area contributed by atoms with Crippen molar-refractivity contribution in [3.63, 3.8) is 0 Å². The number of carboxylic acids is 1. The highest BCUT2D eigenvalue weighted by Crippen LogP contribution is 2.39. The van der Waals surface area contributed by atoms with Crippen LogP contribution in [0.25, 0.3) is 5.69 Å². The summed E-state index contributed by atoms with van der Waals surface area (Å²) in [6.45, 7) is 3.77. The Hall–Kier alpha value is -1.44. The van der Waals surface area contributed by atoms with E-state index in [0.29, 0.717) is 24.2 Å². The fraction of sp³-hybridized carbons (Fsp3) is 0.333. The first-order chi connectivity index (χ1) is 11.4. The van der Waals surface area contributed by atoms with Gasteiger partial charge in [0, 0.05) is 0 Å². The minimum absolute atomic E-state index is 0.103. The number of benzene rings is 1. The van der Waals surface area contributed by atoms with Gasteiger partial charge in [0.15, 0.2) is 5.69 Å². The molecule has 2 aromatic rings. The molecule has 1 heterocycles. The zero-order chi connectivity index (χ0) is 19.1. The molecule has 1 aromatic carbocycles. The second-order valence-corrected chi connectivity index (χ2v) is 6.90. The number of aromatic nitrogens is 2. The van der Waals surface area contributed by atoms with Crippen LogP contribution in [0.5, 0.6) is 0 Å². The van der Waals surface area contributed by atoms with Gasteiger partial charge in [-0.3, -0.25) is 0 Å². The quantitative estimate of drug-likeness (QED) is 0.692. The highest BCUT2D eigenvalue weighted by Gasteiger charge is 2.33. The van der Waals surface area contributed by atoms with Crippen molar-refractivity contribution in [2.24, 2.45) is 5.92 Å². The first-order valence-corrected chi connectivity index (χ1v) is 8.14. The van der Waals surface area contributed by atoms with E-state index in [1.807, 2.05) is 13.8 Å². The highest BCUT2D eigenvalue weighted by molar-refractivity contribution is 6.38. The third-order valence-corrected chi connectivity index (χ3v) is 4.23. The van der Waals surface area contributed by atoms with Gasteiger partial charge < -0.3 is 5.11 Å². The molecule has 10 heteroatoms. The van der Waals surface area contributed by atoms with Crippen LogP contribution < -0.4 is 0 Å². The number of rotatable bonds is 4. The molecule has 0 amide bonds. The SMILES string of the molecule is CC(C)Cc1nn(-c2c(Cl)cc(C(F)(F)F)cc2Cl)c(C(=O)O)c1Cl. The van der Waals surface area contributed by atoms with Gasteiger partial charge in [0.2, 0.25) is 0 Å². The molecule has 0 saturated heterocycles. The van der Waals surface area contributed by atoms with E-state index >= 15 is 0 Å². The van der Waals surface area contributed by atoms with Gasteiger partial charge in [0.1, 0.15) is 5.69 Å². The Morgan fingerprint density at radius 1 is 1.24 bits per heavy atom. The Morgan fingerprint density at radius 2 is 1.76 bits per heavy atom. The van der Waals surface area contributed by atoms with E-state index in [2.05, 4.69) is 5.10 Å². The van der Waals surface area contributed by atoms with Crippen LogP contribution >= 0.6 is 34.8 Å². The van der Waals surface area contributed by atoms with Crippen molar-refractivity contribution in [3.8, 4) is 5.69 Å². The van der Waals surface area contributed by atoms with E-state index in [1.54, 1.807) is 0 Å². The number of alkyl halides is 3. The zero-order valence-electron chi connectivity index (χ0n) is 13.0. The molecule has 0 aliphatic rings. The number of nitrogens with zero attached hydrogens (tertiary/aromatic N) is 2. The first kappa shape index (κ1) is 19.9. The molecule has 1 N–H and O–H groups in total. The van der Waals surface area contributed by atoms with E-state index in [-0.39, 0.29) is 16.6 Å². The Morgan fingerprint density at radius 3 is 2.16 bits per heavy atom. The molecule has 0 fully saturated rings. The van der Waals surface area contributed by atoms with Crippen LogP contribution in [-0.4, -0.2) is 20.9 Å². The monoisotopic (exact) mass is 414 g/mol. The maximum Gasteiger partial charge on any atom is 0.416 e. The second-order valence-electron chi connectivity index (χ2n) is 5.71. The number of hydrogen-bond acceptors (Lipinski definition) is 2. The molecule has 0 atom stereocenters. The lowest BCUT2D eigenvalue weighted by Gasteiger charge is -2.13. The van der Waals surface area contributed by atoms with Crippen molar-refractivity contribution in [1.82, 2.24) is 9.78 Å². The lowest BCUT2D eigenvalue weighted by atomic mass is 10.1. The van der Waals surface area contributed by atoms with Gasteiger partial charge in [-0.1, -0.05) is 48.7 Å². The van der Waals surface area contributed by atoms with Gasteiger partial charge >= 0.3 is 12.1 Å². The molecule has 1 aromatic heterocycles. The smallest absolute Gasteiger partial charge is 0.416 e.